The second-order valence-corrected chi connectivity index (χ2v) is 7.72. The molecular formula is C21H22F3N3O. The van der Waals surface area contributed by atoms with Gasteiger partial charge in [0.25, 0.3) is 5.91 Å². The Bertz CT molecular complexity index is 846. The molecule has 2 aromatic rings. The third-order valence-corrected chi connectivity index (χ3v) is 5.37. The van der Waals surface area contributed by atoms with Crippen LogP contribution in [-0.2, 0) is 6.42 Å². The number of carbonyl (C=O) groups excluding carboxylic acids is 1. The van der Waals surface area contributed by atoms with Gasteiger partial charge in [-0.05, 0) is 55.2 Å². The van der Waals surface area contributed by atoms with Gasteiger partial charge < -0.3 is 5.32 Å². The van der Waals surface area contributed by atoms with E-state index in [0.717, 1.165) is 49.1 Å². The summed E-state index contributed by atoms with van der Waals surface area (Å²) in [6.07, 6.45) is 4.38. The van der Waals surface area contributed by atoms with E-state index in [9.17, 15) is 18.0 Å². The van der Waals surface area contributed by atoms with Crippen molar-refractivity contribution in [2.45, 2.75) is 56.7 Å². The molecule has 7 heteroatoms. The zero-order valence-corrected chi connectivity index (χ0v) is 15.4. The number of nitrogens with zero attached hydrogens (tertiary/aromatic N) is 2. The first-order valence-electron chi connectivity index (χ1n) is 9.69. The number of aromatic nitrogens is 2. The van der Waals surface area contributed by atoms with Crippen LogP contribution in [0.4, 0.5) is 13.2 Å². The molecule has 148 valence electrons. The lowest BCUT2D eigenvalue weighted by Crippen LogP contribution is -2.38. The Morgan fingerprint density at radius 2 is 1.96 bits per heavy atom. The molecule has 0 saturated heterocycles. The predicted octanol–water partition coefficient (Wildman–Crippen LogP) is 4.73. The number of nitrogens with one attached hydrogen (secondary N) is 1. The standard InChI is InChI=1S/C21H22F3N3O/c22-21(23,24)19(15-2-1-11-25-12-15)27-20(28)18-10-8-16(14-6-7-14)17(26-18)9-5-13-3-4-13/h1-2,8,10-14,19H,3-7,9H2,(H,27,28). The molecule has 0 aromatic carbocycles. The van der Waals surface area contributed by atoms with Gasteiger partial charge in [0.1, 0.15) is 5.69 Å². The summed E-state index contributed by atoms with van der Waals surface area (Å²) in [7, 11) is 0. The summed E-state index contributed by atoms with van der Waals surface area (Å²) in [6, 6.07) is 4.01. The maximum absolute atomic E-state index is 13.5. The number of halogens is 3. The molecule has 0 bridgehead atoms. The van der Waals surface area contributed by atoms with Gasteiger partial charge in [0, 0.05) is 23.7 Å². The average Bonchev–Trinajstić information content (AvgIpc) is 3.57. The van der Waals surface area contributed by atoms with Gasteiger partial charge in [-0.2, -0.15) is 13.2 Å². The Labute approximate surface area is 161 Å². The Morgan fingerprint density at radius 1 is 1.18 bits per heavy atom. The topological polar surface area (TPSA) is 54.9 Å². The molecule has 0 radical (unpaired) electrons. The first-order valence-corrected chi connectivity index (χ1v) is 9.69. The minimum absolute atomic E-state index is 0.0355. The van der Waals surface area contributed by atoms with E-state index in [0.29, 0.717) is 5.92 Å². The molecule has 28 heavy (non-hydrogen) atoms. The monoisotopic (exact) mass is 389 g/mol. The molecule has 0 spiro atoms. The number of aryl methyl sites for hydroxylation is 1. The molecule has 2 saturated carbocycles. The molecule has 4 rings (SSSR count). The van der Waals surface area contributed by atoms with Crippen LogP contribution in [0.15, 0.2) is 36.7 Å². The quantitative estimate of drug-likeness (QED) is 0.745. The SMILES string of the molecule is O=C(NC(c1cccnc1)C(F)(F)F)c1ccc(C2CC2)c(CCC2CC2)n1. The minimum atomic E-state index is -4.62. The van der Waals surface area contributed by atoms with Crippen molar-refractivity contribution in [3.63, 3.8) is 0 Å². The van der Waals surface area contributed by atoms with Crippen LogP contribution < -0.4 is 5.32 Å². The molecule has 2 aromatic heterocycles. The number of pyridine rings is 2. The smallest absolute Gasteiger partial charge is 0.335 e. The highest BCUT2D eigenvalue weighted by Gasteiger charge is 2.42. The summed E-state index contributed by atoms with van der Waals surface area (Å²) < 4.78 is 40.5. The highest BCUT2D eigenvalue weighted by atomic mass is 19.4. The normalized spacial score (nSPS) is 18.0. The van der Waals surface area contributed by atoms with Crippen molar-refractivity contribution in [3.8, 4) is 0 Å². The fourth-order valence-corrected chi connectivity index (χ4v) is 3.46. The van der Waals surface area contributed by atoms with Crippen LogP contribution in [0, 0.1) is 5.92 Å². The Balaban J connectivity index is 1.55. The first kappa shape index (κ1) is 18.9. The van der Waals surface area contributed by atoms with Gasteiger partial charge in [0.15, 0.2) is 6.04 Å². The lowest BCUT2D eigenvalue weighted by Gasteiger charge is -2.21. The fraction of sp³-hybridized carbons (Fsp3) is 0.476. The summed E-state index contributed by atoms with van der Waals surface area (Å²) in [4.78, 5) is 20.8. The van der Waals surface area contributed by atoms with E-state index in [-0.39, 0.29) is 11.3 Å². The molecule has 2 aliphatic rings. The van der Waals surface area contributed by atoms with Crippen molar-refractivity contribution in [2.24, 2.45) is 5.92 Å². The van der Waals surface area contributed by atoms with Crippen molar-refractivity contribution >= 4 is 5.91 Å². The number of amides is 1. The zero-order valence-electron chi connectivity index (χ0n) is 15.4. The molecule has 2 fully saturated rings. The lowest BCUT2D eigenvalue weighted by molar-refractivity contribution is -0.155. The summed E-state index contributed by atoms with van der Waals surface area (Å²) >= 11 is 0. The predicted molar refractivity (Wildman–Crippen MR) is 97.8 cm³/mol. The van der Waals surface area contributed by atoms with E-state index in [1.807, 2.05) is 6.07 Å². The van der Waals surface area contributed by atoms with Gasteiger partial charge in [-0.3, -0.25) is 9.78 Å². The highest BCUT2D eigenvalue weighted by Crippen LogP contribution is 2.42. The van der Waals surface area contributed by atoms with Gasteiger partial charge in [-0.25, -0.2) is 4.98 Å². The largest absolute Gasteiger partial charge is 0.412 e. The molecule has 1 atom stereocenters. The van der Waals surface area contributed by atoms with Gasteiger partial charge in [0.05, 0.1) is 0 Å². The van der Waals surface area contributed by atoms with Crippen LogP contribution in [0.5, 0.6) is 0 Å². The average molecular weight is 389 g/mol. The van der Waals surface area contributed by atoms with Crippen molar-refractivity contribution in [3.05, 3.63) is 59.2 Å². The fourth-order valence-electron chi connectivity index (χ4n) is 3.46. The van der Waals surface area contributed by atoms with E-state index in [1.165, 1.54) is 31.2 Å². The Kier molecular flexibility index (Phi) is 5.08. The van der Waals surface area contributed by atoms with Crippen molar-refractivity contribution in [1.82, 2.24) is 15.3 Å². The molecule has 1 N–H and O–H groups in total. The number of hydrogen-bond acceptors (Lipinski definition) is 3. The zero-order chi connectivity index (χ0) is 19.7. The maximum Gasteiger partial charge on any atom is 0.412 e. The van der Waals surface area contributed by atoms with Crippen LogP contribution in [0.1, 0.15) is 71.4 Å². The van der Waals surface area contributed by atoms with Gasteiger partial charge in [-0.1, -0.05) is 25.0 Å². The van der Waals surface area contributed by atoms with Crippen LogP contribution in [0.2, 0.25) is 0 Å². The third kappa shape index (κ3) is 4.51. The molecule has 0 aliphatic heterocycles. The molecular weight excluding hydrogens is 367 g/mol. The third-order valence-electron chi connectivity index (χ3n) is 5.37. The van der Waals surface area contributed by atoms with E-state index in [2.05, 4.69) is 15.3 Å². The first-order chi connectivity index (χ1) is 13.4. The number of hydrogen-bond donors (Lipinski definition) is 1. The minimum Gasteiger partial charge on any atom is -0.335 e. The summed E-state index contributed by atoms with van der Waals surface area (Å²) in [6.45, 7) is 0. The molecule has 1 unspecified atom stereocenters. The Morgan fingerprint density at radius 3 is 2.57 bits per heavy atom. The van der Waals surface area contributed by atoms with E-state index < -0.39 is 18.1 Å². The van der Waals surface area contributed by atoms with Crippen molar-refractivity contribution < 1.29 is 18.0 Å². The molecule has 2 heterocycles. The van der Waals surface area contributed by atoms with Gasteiger partial charge in [0.2, 0.25) is 0 Å². The van der Waals surface area contributed by atoms with E-state index >= 15 is 0 Å². The molecule has 2 aliphatic carbocycles. The second-order valence-electron chi connectivity index (χ2n) is 7.72. The Hall–Kier alpha value is -2.44. The summed E-state index contributed by atoms with van der Waals surface area (Å²) in [5.74, 6) is 0.393. The van der Waals surface area contributed by atoms with Gasteiger partial charge in [-0.15, -0.1) is 0 Å². The van der Waals surface area contributed by atoms with Crippen LogP contribution >= 0.6 is 0 Å². The van der Waals surface area contributed by atoms with Crippen LogP contribution in [0.25, 0.3) is 0 Å². The second kappa shape index (κ2) is 7.53. The van der Waals surface area contributed by atoms with Crippen molar-refractivity contribution in [2.75, 3.05) is 0 Å². The summed E-state index contributed by atoms with van der Waals surface area (Å²) in [5.41, 5.74) is 1.95. The van der Waals surface area contributed by atoms with Gasteiger partial charge >= 0.3 is 6.18 Å². The van der Waals surface area contributed by atoms with Crippen LogP contribution in [-0.4, -0.2) is 22.1 Å². The maximum atomic E-state index is 13.5. The van der Waals surface area contributed by atoms with E-state index in [1.54, 1.807) is 6.07 Å². The number of carbonyl (C=O) groups is 1. The molecule has 1 amide bonds. The lowest BCUT2D eigenvalue weighted by atomic mass is 10.0. The van der Waals surface area contributed by atoms with Crippen LogP contribution in [0.3, 0.4) is 0 Å². The number of rotatable bonds is 7. The molecule has 4 nitrogen and oxygen atoms in total. The van der Waals surface area contributed by atoms with E-state index in [4.69, 9.17) is 0 Å². The number of alkyl halides is 3. The summed E-state index contributed by atoms with van der Waals surface area (Å²) in [5, 5.41) is 2.09. The highest BCUT2D eigenvalue weighted by molar-refractivity contribution is 5.92. The van der Waals surface area contributed by atoms with Crippen molar-refractivity contribution in [1.29, 1.82) is 0 Å².